The number of nitrogens with zero attached hydrogens (tertiary/aromatic N) is 1. The van der Waals surface area contributed by atoms with E-state index in [-0.39, 0.29) is 5.54 Å². The minimum atomic E-state index is -0.684. The lowest BCUT2D eigenvalue weighted by Crippen LogP contribution is -2.50. The molecule has 1 atom stereocenters. The van der Waals surface area contributed by atoms with Crippen molar-refractivity contribution in [2.24, 2.45) is 0 Å². The Bertz CT molecular complexity index is 221. The van der Waals surface area contributed by atoms with Gasteiger partial charge in [0.1, 0.15) is 0 Å². The average Bonchev–Trinajstić information content (AvgIpc) is 2.81. The third-order valence-electron chi connectivity index (χ3n) is 3.35. The van der Waals surface area contributed by atoms with E-state index in [1.54, 1.807) is 0 Å². The number of hydrogen-bond acceptors (Lipinski definition) is 3. The molecular weight excluding hydrogens is 178 g/mol. The maximum absolute atomic E-state index is 10.1. The van der Waals surface area contributed by atoms with Crippen molar-refractivity contribution >= 4 is 0 Å². The monoisotopic (exact) mass is 199 g/mol. The van der Waals surface area contributed by atoms with Gasteiger partial charge in [-0.1, -0.05) is 0 Å². The zero-order valence-electron chi connectivity index (χ0n) is 9.42. The van der Waals surface area contributed by atoms with Crippen molar-refractivity contribution < 1.29 is 9.84 Å². The molecule has 1 aliphatic carbocycles. The average molecular weight is 199 g/mol. The molecule has 1 heterocycles. The molecule has 0 bridgehead atoms. The molecule has 3 heteroatoms. The second-order valence-electron chi connectivity index (χ2n) is 5.44. The van der Waals surface area contributed by atoms with Gasteiger partial charge in [-0.3, -0.25) is 4.90 Å². The summed E-state index contributed by atoms with van der Waals surface area (Å²) in [5, 5.41) is 10.1. The van der Waals surface area contributed by atoms with Gasteiger partial charge < -0.3 is 9.84 Å². The highest BCUT2D eigenvalue weighted by Gasteiger charge is 2.52. The van der Waals surface area contributed by atoms with Crippen LogP contribution in [0.3, 0.4) is 0 Å². The fourth-order valence-corrected chi connectivity index (χ4v) is 2.43. The molecule has 0 aromatic carbocycles. The zero-order valence-corrected chi connectivity index (χ0v) is 9.42. The maximum Gasteiger partial charge on any atom is 0.0978 e. The predicted molar refractivity (Wildman–Crippen MR) is 55.2 cm³/mol. The van der Waals surface area contributed by atoms with Crippen LogP contribution in [0.2, 0.25) is 0 Å². The molecule has 3 nitrogen and oxygen atoms in total. The van der Waals surface area contributed by atoms with Crippen LogP contribution in [0.4, 0.5) is 0 Å². The van der Waals surface area contributed by atoms with E-state index in [9.17, 15) is 5.11 Å². The Morgan fingerprint density at radius 3 is 2.43 bits per heavy atom. The van der Waals surface area contributed by atoms with Crippen molar-refractivity contribution in [3.8, 4) is 0 Å². The summed E-state index contributed by atoms with van der Waals surface area (Å²) in [7, 11) is 0. The van der Waals surface area contributed by atoms with Gasteiger partial charge in [-0.05, 0) is 33.6 Å². The molecule has 0 aromatic rings. The van der Waals surface area contributed by atoms with Gasteiger partial charge in [-0.15, -0.1) is 0 Å². The summed E-state index contributed by atoms with van der Waals surface area (Å²) in [6, 6.07) is 0.491. The van der Waals surface area contributed by atoms with Gasteiger partial charge in [0.25, 0.3) is 0 Å². The Labute approximate surface area is 86.0 Å². The highest BCUT2D eigenvalue weighted by Crippen LogP contribution is 2.45. The minimum absolute atomic E-state index is 0.259. The second-order valence-corrected chi connectivity index (χ2v) is 5.44. The molecule has 0 amide bonds. The first kappa shape index (κ1) is 10.4. The highest BCUT2D eigenvalue weighted by molar-refractivity contribution is 5.07. The molecule has 0 aromatic heterocycles. The number of β-amino-alcohol motifs (C(OH)–C–C–N with tert-alkyl or cyclic N) is 1. The van der Waals surface area contributed by atoms with Gasteiger partial charge in [-0.25, -0.2) is 0 Å². The van der Waals surface area contributed by atoms with Crippen LogP contribution in [-0.4, -0.2) is 46.9 Å². The van der Waals surface area contributed by atoms with Crippen LogP contribution in [0.25, 0.3) is 0 Å². The number of aliphatic hydroxyl groups is 1. The van der Waals surface area contributed by atoms with Crippen LogP contribution >= 0.6 is 0 Å². The molecule has 2 fully saturated rings. The summed E-state index contributed by atoms with van der Waals surface area (Å²) in [5.41, 5.74) is -0.426. The largest absolute Gasteiger partial charge is 0.386 e. The first-order chi connectivity index (χ1) is 6.45. The van der Waals surface area contributed by atoms with E-state index in [4.69, 9.17) is 4.74 Å². The summed E-state index contributed by atoms with van der Waals surface area (Å²) in [6.45, 7) is 8.26. The molecule has 1 unspecified atom stereocenters. The summed E-state index contributed by atoms with van der Waals surface area (Å²) in [4.78, 5) is 2.42. The van der Waals surface area contributed by atoms with E-state index >= 15 is 0 Å². The van der Waals surface area contributed by atoms with Crippen LogP contribution in [0.15, 0.2) is 0 Å². The highest BCUT2D eigenvalue weighted by atomic mass is 16.5. The first-order valence-electron chi connectivity index (χ1n) is 5.52. The van der Waals surface area contributed by atoms with E-state index in [2.05, 4.69) is 18.7 Å². The Balaban J connectivity index is 2.15. The molecule has 0 radical (unpaired) electrons. The number of ether oxygens (including phenoxy) is 1. The van der Waals surface area contributed by atoms with Gasteiger partial charge in [0, 0.05) is 18.1 Å². The van der Waals surface area contributed by atoms with E-state index in [0.717, 1.165) is 13.2 Å². The molecule has 1 aliphatic heterocycles. The van der Waals surface area contributed by atoms with Crippen molar-refractivity contribution in [2.45, 2.75) is 50.8 Å². The lowest BCUT2D eigenvalue weighted by molar-refractivity contribution is -0.0244. The van der Waals surface area contributed by atoms with Crippen LogP contribution in [0.5, 0.6) is 0 Å². The fourth-order valence-electron chi connectivity index (χ4n) is 2.43. The van der Waals surface area contributed by atoms with Gasteiger partial charge >= 0.3 is 0 Å². The molecule has 2 aliphatic rings. The van der Waals surface area contributed by atoms with Crippen LogP contribution < -0.4 is 0 Å². The van der Waals surface area contributed by atoms with E-state index in [1.807, 2.05) is 6.92 Å². The van der Waals surface area contributed by atoms with Crippen molar-refractivity contribution in [2.75, 3.05) is 19.8 Å². The normalized spacial score (nSPS) is 37.5. The van der Waals surface area contributed by atoms with E-state index in [1.165, 1.54) is 12.8 Å². The van der Waals surface area contributed by atoms with Crippen molar-refractivity contribution in [1.29, 1.82) is 0 Å². The molecule has 14 heavy (non-hydrogen) atoms. The van der Waals surface area contributed by atoms with Gasteiger partial charge in [0.2, 0.25) is 0 Å². The third kappa shape index (κ3) is 1.81. The Morgan fingerprint density at radius 1 is 1.29 bits per heavy atom. The standard InChI is InChI=1S/C11H21NO2/c1-9(2)12-6-10(3,13)7-14-8-11(12)4-5-11/h9,13H,4-8H2,1-3H3. The molecule has 82 valence electrons. The molecule has 2 rings (SSSR count). The van der Waals surface area contributed by atoms with Crippen molar-refractivity contribution in [3.63, 3.8) is 0 Å². The van der Waals surface area contributed by atoms with Gasteiger partial charge in [0.05, 0.1) is 18.8 Å². The maximum atomic E-state index is 10.1. The van der Waals surface area contributed by atoms with Crippen LogP contribution in [0, 0.1) is 0 Å². The van der Waals surface area contributed by atoms with E-state index < -0.39 is 5.60 Å². The Morgan fingerprint density at radius 2 is 1.93 bits per heavy atom. The Kier molecular flexibility index (Phi) is 2.37. The minimum Gasteiger partial charge on any atom is -0.386 e. The summed E-state index contributed by atoms with van der Waals surface area (Å²) >= 11 is 0. The predicted octanol–water partition coefficient (Wildman–Crippen LogP) is 1.01. The van der Waals surface area contributed by atoms with Crippen LogP contribution in [0.1, 0.15) is 33.6 Å². The lowest BCUT2D eigenvalue weighted by Gasteiger charge is -2.36. The number of rotatable bonds is 1. The van der Waals surface area contributed by atoms with Crippen molar-refractivity contribution in [1.82, 2.24) is 4.90 Å². The lowest BCUT2D eigenvalue weighted by atomic mass is 10.1. The third-order valence-corrected chi connectivity index (χ3v) is 3.35. The van der Waals surface area contributed by atoms with Crippen molar-refractivity contribution in [3.05, 3.63) is 0 Å². The van der Waals surface area contributed by atoms with Crippen LogP contribution in [-0.2, 0) is 4.74 Å². The van der Waals surface area contributed by atoms with Gasteiger partial charge in [-0.2, -0.15) is 0 Å². The molecule has 1 N–H and O–H groups in total. The summed E-state index contributed by atoms with van der Waals surface area (Å²) in [5.74, 6) is 0. The molecular formula is C11H21NO2. The number of hydrogen-bond donors (Lipinski definition) is 1. The molecule has 1 saturated heterocycles. The summed E-state index contributed by atoms with van der Waals surface area (Å²) in [6.07, 6.45) is 2.45. The Hall–Kier alpha value is -0.120. The smallest absolute Gasteiger partial charge is 0.0978 e. The topological polar surface area (TPSA) is 32.7 Å². The summed E-state index contributed by atoms with van der Waals surface area (Å²) < 4.78 is 5.58. The quantitative estimate of drug-likeness (QED) is 0.684. The second kappa shape index (κ2) is 3.19. The first-order valence-corrected chi connectivity index (χ1v) is 5.52. The fraction of sp³-hybridized carbons (Fsp3) is 1.00. The van der Waals surface area contributed by atoms with Gasteiger partial charge in [0.15, 0.2) is 0 Å². The zero-order chi connectivity index (χ0) is 10.4. The molecule has 1 saturated carbocycles. The SMILES string of the molecule is CC(C)N1CC(C)(O)COCC12CC2. The van der Waals surface area contributed by atoms with E-state index in [0.29, 0.717) is 12.6 Å². The molecule has 1 spiro atoms.